The van der Waals surface area contributed by atoms with Crippen LogP contribution in [0.15, 0.2) is 6.07 Å². The van der Waals surface area contributed by atoms with Gasteiger partial charge in [0, 0.05) is 50.7 Å². The van der Waals surface area contributed by atoms with Gasteiger partial charge in [-0.15, -0.1) is 0 Å². The van der Waals surface area contributed by atoms with Gasteiger partial charge in [-0.25, -0.2) is 9.97 Å². The molecule has 3 rings (SSSR count). The van der Waals surface area contributed by atoms with Crippen LogP contribution in [0.5, 0.6) is 0 Å². The minimum absolute atomic E-state index is 0.0984. The van der Waals surface area contributed by atoms with Gasteiger partial charge in [0.2, 0.25) is 5.91 Å². The van der Waals surface area contributed by atoms with Crippen LogP contribution in [0.3, 0.4) is 0 Å². The minimum Gasteiger partial charge on any atom is -0.378 e. The van der Waals surface area contributed by atoms with Crippen molar-refractivity contribution in [2.24, 2.45) is 0 Å². The standard InChI is InChI=1S/C19H30N4O2/c1-19(2,3)18-20-14(13-25-4)12-16(21-18)22-10-7-15(8-11-22)23-9-5-6-17(23)24/h12,15H,5-11,13H2,1-4H3. The minimum atomic E-state index is -0.0984. The molecule has 0 bridgehead atoms. The number of amides is 1. The molecule has 0 saturated carbocycles. The summed E-state index contributed by atoms with van der Waals surface area (Å²) in [7, 11) is 1.69. The highest BCUT2D eigenvalue weighted by atomic mass is 16.5. The molecule has 0 radical (unpaired) electrons. The van der Waals surface area contributed by atoms with Crippen LogP contribution in [0, 0.1) is 0 Å². The van der Waals surface area contributed by atoms with Crippen LogP contribution in [0.2, 0.25) is 0 Å². The van der Waals surface area contributed by atoms with E-state index in [1.54, 1.807) is 7.11 Å². The van der Waals surface area contributed by atoms with Crippen LogP contribution in [0.1, 0.15) is 58.0 Å². The quantitative estimate of drug-likeness (QED) is 0.838. The zero-order valence-corrected chi connectivity index (χ0v) is 15.9. The number of rotatable bonds is 4. The molecular formula is C19H30N4O2. The zero-order valence-electron chi connectivity index (χ0n) is 15.9. The Bertz CT molecular complexity index is 618. The number of piperidine rings is 1. The molecule has 2 fully saturated rings. The van der Waals surface area contributed by atoms with E-state index >= 15 is 0 Å². The van der Waals surface area contributed by atoms with Crippen molar-refractivity contribution in [3.05, 3.63) is 17.6 Å². The topological polar surface area (TPSA) is 58.6 Å². The smallest absolute Gasteiger partial charge is 0.222 e. The summed E-state index contributed by atoms with van der Waals surface area (Å²) >= 11 is 0. The largest absolute Gasteiger partial charge is 0.378 e. The van der Waals surface area contributed by atoms with E-state index in [2.05, 4.69) is 35.6 Å². The van der Waals surface area contributed by atoms with Crippen molar-refractivity contribution in [1.29, 1.82) is 0 Å². The second kappa shape index (κ2) is 7.28. The molecule has 1 aromatic rings. The van der Waals surface area contributed by atoms with Crippen molar-refractivity contribution in [2.45, 2.75) is 64.5 Å². The molecule has 0 N–H and O–H groups in total. The molecule has 25 heavy (non-hydrogen) atoms. The van der Waals surface area contributed by atoms with Crippen molar-refractivity contribution in [1.82, 2.24) is 14.9 Å². The molecule has 1 amide bonds. The molecule has 0 atom stereocenters. The second-order valence-electron chi connectivity index (χ2n) is 8.13. The lowest BCUT2D eigenvalue weighted by atomic mass is 9.95. The van der Waals surface area contributed by atoms with Gasteiger partial charge in [0.15, 0.2) is 0 Å². The summed E-state index contributed by atoms with van der Waals surface area (Å²) in [6.45, 7) is 9.69. The van der Waals surface area contributed by atoms with Gasteiger partial charge < -0.3 is 14.5 Å². The van der Waals surface area contributed by atoms with Crippen LogP contribution >= 0.6 is 0 Å². The number of carbonyl (C=O) groups is 1. The molecule has 0 unspecified atom stereocenters. The predicted molar refractivity (Wildman–Crippen MR) is 97.6 cm³/mol. The third kappa shape index (κ3) is 4.11. The van der Waals surface area contributed by atoms with E-state index in [9.17, 15) is 4.79 Å². The first-order valence-corrected chi connectivity index (χ1v) is 9.30. The van der Waals surface area contributed by atoms with Crippen LogP contribution in [-0.4, -0.2) is 53.6 Å². The maximum atomic E-state index is 12.0. The molecule has 0 aromatic carbocycles. The number of anilines is 1. The summed E-state index contributed by atoms with van der Waals surface area (Å²) in [6, 6.07) is 2.44. The normalized spacial score (nSPS) is 19.8. The van der Waals surface area contributed by atoms with E-state index in [1.807, 2.05) is 6.07 Å². The second-order valence-corrected chi connectivity index (χ2v) is 8.13. The molecule has 0 spiro atoms. The van der Waals surface area contributed by atoms with Crippen molar-refractivity contribution in [3.63, 3.8) is 0 Å². The van der Waals surface area contributed by atoms with Gasteiger partial charge in [0.05, 0.1) is 12.3 Å². The highest BCUT2D eigenvalue weighted by molar-refractivity contribution is 5.78. The lowest BCUT2D eigenvalue weighted by molar-refractivity contribution is -0.130. The molecule has 2 aliphatic rings. The first kappa shape index (κ1) is 18.1. The lowest BCUT2D eigenvalue weighted by Gasteiger charge is -2.37. The first-order chi connectivity index (χ1) is 11.9. The fourth-order valence-corrected chi connectivity index (χ4v) is 3.66. The van der Waals surface area contributed by atoms with Crippen LogP contribution in [-0.2, 0) is 21.6 Å². The predicted octanol–water partition coefficient (Wildman–Crippen LogP) is 2.51. The number of hydrogen-bond donors (Lipinski definition) is 0. The summed E-state index contributed by atoms with van der Waals surface area (Å²) in [4.78, 5) is 25.9. The van der Waals surface area contributed by atoms with Gasteiger partial charge in [-0.1, -0.05) is 20.8 Å². The van der Waals surface area contributed by atoms with Gasteiger partial charge in [-0.2, -0.15) is 0 Å². The summed E-state index contributed by atoms with van der Waals surface area (Å²) < 4.78 is 5.28. The van der Waals surface area contributed by atoms with Crippen molar-refractivity contribution < 1.29 is 9.53 Å². The van der Waals surface area contributed by atoms with Crippen LogP contribution < -0.4 is 4.90 Å². The first-order valence-electron chi connectivity index (χ1n) is 9.30. The third-order valence-corrected chi connectivity index (χ3v) is 5.07. The van der Waals surface area contributed by atoms with E-state index in [4.69, 9.17) is 9.72 Å². The molecule has 6 heteroatoms. The number of likely N-dealkylation sites (tertiary alicyclic amines) is 1. The van der Waals surface area contributed by atoms with Crippen molar-refractivity contribution in [2.75, 3.05) is 31.6 Å². The Hall–Kier alpha value is -1.69. The number of carbonyl (C=O) groups excluding carboxylic acids is 1. The highest BCUT2D eigenvalue weighted by Crippen LogP contribution is 2.27. The molecule has 2 saturated heterocycles. The number of nitrogens with zero attached hydrogens (tertiary/aromatic N) is 4. The molecule has 0 aliphatic carbocycles. The van der Waals surface area contributed by atoms with E-state index < -0.39 is 0 Å². The van der Waals surface area contributed by atoms with Gasteiger partial charge in [-0.05, 0) is 19.3 Å². The summed E-state index contributed by atoms with van der Waals surface area (Å²) in [5.74, 6) is 2.17. The average molecular weight is 346 g/mol. The fraction of sp³-hybridized carbons (Fsp3) is 0.737. The van der Waals surface area contributed by atoms with Gasteiger partial charge in [-0.3, -0.25) is 4.79 Å². The van der Waals surface area contributed by atoms with Gasteiger partial charge in [0.25, 0.3) is 0 Å². The summed E-state index contributed by atoms with van der Waals surface area (Å²) in [6.07, 6.45) is 3.77. The summed E-state index contributed by atoms with van der Waals surface area (Å²) in [5, 5.41) is 0. The highest BCUT2D eigenvalue weighted by Gasteiger charge is 2.31. The Balaban J connectivity index is 1.73. The van der Waals surface area contributed by atoms with E-state index in [1.165, 1.54) is 0 Å². The van der Waals surface area contributed by atoms with Crippen LogP contribution in [0.4, 0.5) is 5.82 Å². The molecule has 6 nitrogen and oxygen atoms in total. The van der Waals surface area contributed by atoms with Gasteiger partial charge in [0.1, 0.15) is 11.6 Å². The average Bonchev–Trinajstić information content (AvgIpc) is 3.00. The molecule has 3 heterocycles. The van der Waals surface area contributed by atoms with Gasteiger partial charge >= 0.3 is 0 Å². The van der Waals surface area contributed by atoms with Crippen molar-refractivity contribution in [3.8, 4) is 0 Å². The number of ether oxygens (including phenoxy) is 1. The monoisotopic (exact) mass is 346 g/mol. The third-order valence-electron chi connectivity index (χ3n) is 5.07. The Morgan fingerprint density at radius 2 is 1.92 bits per heavy atom. The Morgan fingerprint density at radius 1 is 1.20 bits per heavy atom. The van der Waals surface area contributed by atoms with E-state index in [-0.39, 0.29) is 5.41 Å². The SMILES string of the molecule is COCc1cc(N2CCC(N3CCCC3=O)CC2)nc(C(C)(C)C)n1. The maximum absolute atomic E-state index is 12.0. The lowest BCUT2D eigenvalue weighted by Crippen LogP contribution is -2.45. The zero-order chi connectivity index (χ0) is 18.0. The molecule has 2 aliphatic heterocycles. The Kier molecular flexibility index (Phi) is 5.27. The molecule has 1 aromatic heterocycles. The van der Waals surface area contributed by atoms with E-state index in [0.29, 0.717) is 18.6 Å². The van der Waals surface area contributed by atoms with E-state index in [0.717, 1.165) is 62.7 Å². The Morgan fingerprint density at radius 3 is 2.48 bits per heavy atom. The Labute approximate surface area is 150 Å². The summed E-state index contributed by atoms with van der Waals surface area (Å²) in [5.41, 5.74) is 0.827. The maximum Gasteiger partial charge on any atom is 0.222 e. The van der Waals surface area contributed by atoms with Crippen molar-refractivity contribution >= 4 is 11.7 Å². The number of hydrogen-bond acceptors (Lipinski definition) is 5. The number of methoxy groups -OCH3 is 1. The molecule has 138 valence electrons. The number of aromatic nitrogens is 2. The fourth-order valence-electron chi connectivity index (χ4n) is 3.66. The molecular weight excluding hydrogens is 316 g/mol. The van der Waals surface area contributed by atoms with Crippen LogP contribution in [0.25, 0.3) is 0 Å².